The molecule has 0 fully saturated rings. The molecule has 2 aromatic carbocycles. The lowest BCUT2D eigenvalue weighted by Gasteiger charge is -2.12. The standard InChI is InChI=1S/C18H16BrClN4OS/c1-2-22-18(26)24-23-10-12-7-15(19)17(16(20)8-12)25-11-14-6-4-3-5-13(14)9-21/h3-8,10H,2,11H2,1H3,(H2,22,24,26)/b23-10-. The molecule has 0 aliphatic heterocycles. The fraction of sp³-hybridized carbons (Fsp3) is 0.167. The van der Waals surface area contributed by atoms with E-state index < -0.39 is 0 Å². The zero-order valence-electron chi connectivity index (χ0n) is 13.9. The molecule has 0 bridgehead atoms. The van der Waals surface area contributed by atoms with E-state index in [2.05, 4.69) is 37.8 Å². The summed E-state index contributed by atoms with van der Waals surface area (Å²) in [4.78, 5) is 0. The summed E-state index contributed by atoms with van der Waals surface area (Å²) in [5.74, 6) is 0.507. The lowest BCUT2D eigenvalue weighted by molar-refractivity contribution is 0.304. The maximum Gasteiger partial charge on any atom is 0.186 e. The first kappa shape index (κ1) is 20.2. The predicted octanol–water partition coefficient (Wildman–Crippen LogP) is 4.37. The average Bonchev–Trinajstić information content (AvgIpc) is 2.61. The molecule has 0 heterocycles. The van der Waals surface area contributed by atoms with Gasteiger partial charge < -0.3 is 10.1 Å². The maximum absolute atomic E-state index is 9.14. The lowest BCUT2D eigenvalue weighted by Crippen LogP contribution is -2.31. The molecule has 0 spiro atoms. The van der Waals surface area contributed by atoms with Crippen molar-refractivity contribution in [2.45, 2.75) is 13.5 Å². The van der Waals surface area contributed by atoms with Crippen LogP contribution >= 0.6 is 39.7 Å². The molecule has 0 unspecified atom stereocenters. The summed E-state index contributed by atoms with van der Waals surface area (Å²) in [5, 5.41) is 17.0. The molecule has 2 rings (SSSR count). The molecular weight excluding hydrogens is 436 g/mol. The molecule has 0 radical (unpaired) electrons. The molecule has 0 amide bonds. The highest BCUT2D eigenvalue weighted by molar-refractivity contribution is 9.10. The van der Waals surface area contributed by atoms with Gasteiger partial charge in [-0.2, -0.15) is 10.4 Å². The van der Waals surface area contributed by atoms with Gasteiger partial charge in [-0.3, -0.25) is 5.43 Å². The van der Waals surface area contributed by atoms with Crippen LogP contribution in [0.15, 0.2) is 46.0 Å². The van der Waals surface area contributed by atoms with E-state index in [-0.39, 0.29) is 6.61 Å². The van der Waals surface area contributed by atoms with Crippen LogP contribution in [0.5, 0.6) is 5.75 Å². The van der Waals surface area contributed by atoms with Crippen LogP contribution in [0.25, 0.3) is 0 Å². The Morgan fingerprint density at radius 3 is 2.88 bits per heavy atom. The summed E-state index contributed by atoms with van der Waals surface area (Å²) >= 11 is 14.8. The summed E-state index contributed by atoms with van der Waals surface area (Å²) in [7, 11) is 0. The molecule has 26 heavy (non-hydrogen) atoms. The minimum Gasteiger partial charge on any atom is -0.486 e. The zero-order valence-corrected chi connectivity index (χ0v) is 17.1. The molecule has 2 aromatic rings. The number of nitriles is 1. The van der Waals surface area contributed by atoms with E-state index >= 15 is 0 Å². The van der Waals surface area contributed by atoms with Crippen molar-refractivity contribution >= 4 is 51.1 Å². The van der Waals surface area contributed by atoms with E-state index in [0.717, 1.165) is 17.7 Å². The van der Waals surface area contributed by atoms with Gasteiger partial charge in [-0.05, 0) is 58.8 Å². The van der Waals surface area contributed by atoms with E-state index in [1.807, 2.05) is 31.2 Å². The zero-order chi connectivity index (χ0) is 18.9. The van der Waals surface area contributed by atoms with Gasteiger partial charge in [0.2, 0.25) is 0 Å². The Hall–Kier alpha value is -2.14. The molecule has 8 heteroatoms. The number of nitrogens with zero attached hydrogens (tertiary/aromatic N) is 2. The van der Waals surface area contributed by atoms with E-state index in [1.54, 1.807) is 18.3 Å². The Balaban J connectivity index is 2.08. The number of hydrogen-bond acceptors (Lipinski definition) is 4. The number of rotatable bonds is 6. The minimum absolute atomic E-state index is 0.244. The van der Waals surface area contributed by atoms with Gasteiger partial charge in [-0.25, -0.2) is 0 Å². The van der Waals surface area contributed by atoms with Crippen LogP contribution in [0.1, 0.15) is 23.6 Å². The summed E-state index contributed by atoms with van der Waals surface area (Å²) in [6, 6.07) is 13.0. The number of ether oxygens (including phenoxy) is 1. The van der Waals surface area contributed by atoms with Gasteiger partial charge in [0.15, 0.2) is 10.9 Å². The number of nitrogens with one attached hydrogen (secondary N) is 2. The maximum atomic E-state index is 9.14. The number of hydrazone groups is 1. The Morgan fingerprint density at radius 2 is 2.19 bits per heavy atom. The summed E-state index contributed by atoms with van der Waals surface area (Å²) in [6.07, 6.45) is 1.61. The van der Waals surface area contributed by atoms with Crippen LogP contribution in [0, 0.1) is 11.3 Å². The summed E-state index contributed by atoms with van der Waals surface area (Å²) in [6.45, 7) is 2.91. The first-order valence-corrected chi connectivity index (χ1v) is 9.29. The van der Waals surface area contributed by atoms with E-state index in [0.29, 0.717) is 25.9 Å². The van der Waals surface area contributed by atoms with E-state index in [9.17, 15) is 0 Å². The fourth-order valence-corrected chi connectivity index (χ4v) is 3.25. The van der Waals surface area contributed by atoms with Crippen LogP contribution in [0.3, 0.4) is 0 Å². The molecular formula is C18H16BrClN4OS. The quantitative estimate of drug-likeness (QED) is 0.388. The highest BCUT2D eigenvalue weighted by Gasteiger charge is 2.10. The second-order valence-electron chi connectivity index (χ2n) is 5.10. The fourth-order valence-electron chi connectivity index (χ4n) is 2.06. The topological polar surface area (TPSA) is 69.4 Å². The van der Waals surface area contributed by atoms with Crippen LogP contribution in [0.2, 0.25) is 5.02 Å². The molecule has 5 nitrogen and oxygen atoms in total. The van der Waals surface area contributed by atoms with Crippen LogP contribution < -0.4 is 15.5 Å². The Bertz CT molecular complexity index is 844. The average molecular weight is 452 g/mol. The van der Waals surface area contributed by atoms with Crippen molar-refractivity contribution in [3.8, 4) is 11.8 Å². The van der Waals surface area contributed by atoms with E-state index in [4.69, 9.17) is 33.8 Å². The minimum atomic E-state index is 0.244. The SMILES string of the molecule is CCNC(=S)N/N=C\c1cc(Cl)c(OCc2ccccc2C#N)c(Br)c1. The number of halogens is 2. The second kappa shape index (κ2) is 10.1. The Kier molecular flexibility index (Phi) is 7.85. The highest BCUT2D eigenvalue weighted by Crippen LogP contribution is 2.34. The van der Waals surface area contributed by atoms with Crippen LogP contribution in [0.4, 0.5) is 0 Å². The molecule has 0 aliphatic rings. The lowest BCUT2D eigenvalue weighted by atomic mass is 10.1. The Morgan fingerprint density at radius 1 is 1.42 bits per heavy atom. The third-order valence-corrected chi connectivity index (χ3v) is 4.35. The molecule has 0 atom stereocenters. The van der Waals surface area contributed by atoms with Crippen molar-refractivity contribution in [2.24, 2.45) is 5.10 Å². The second-order valence-corrected chi connectivity index (χ2v) is 6.77. The molecule has 134 valence electrons. The van der Waals surface area contributed by atoms with Crippen molar-refractivity contribution in [1.29, 1.82) is 5.26 Å². The monoisotopic (exact) mass is 450 g/mol. The first-order chi connectivity index (χ1) is 12.5. The Labute approximate surface area is 171 Å². The predicted molar refractivity (Wildman–Crippen MR) is 112 cm³/mol. The van der Waals surface area contributed by atoms with Gasteiger partial charge in [0, 0.05) is 12.1 Å². The van der Waals surface area contributed by atoms with Gasteiger partial charge in [-0.15, -0.1) is 0 Å². The number of thiocarbonyl (C=S) groups is 1. The normalized spacial score (nSPS) is 10.4. The number of benzene rings is 2. The van der Waals surface area contributed by atoms with Gasteiger partial charge >= 0.3 is 0 Å². The van der Waals surface area contributed by atoms with Crippen molar-refractivity contribution in [2.75, 3.05) is 6.54 Å². The molecule has 0 aliphatic carbocycles. The van der Waals surface area contributed by atoms with Crippen LogP contribution in [-0.4, -0.2) is 17.9 Å². The third-order valence-electron chi connectivity index (χ3n) is 3.25. The third kappa shape index (κ3) is 5.70. The van der Waals surface area contributed by atoms with E-state index in [1.165, 1.54) is 0 Å². The van der Waals surface area contributed by atoms with Crippen molar-refractivity contribution in [1.82, 2.24) is 10.7 Å². The smallest absolute Gasteiger partial charge is 0.186 e. The largest absolute Gasteiger partial charge is 0.486 e. The summed E-state index contributed by atoms with van der Waals surface area (Å²) in [5.41, 5.74) is 4.86. The van der Waals surface area contributed by atoms with Gasteiger partial charge in [-0.1, -0.05) is 29.8 Å². The van der Waals surface area contributed by atoms with Crippen molar-refractivity contribution in [3.63, 3.8) is 0 Å². The molecule has 0 aromatic heterocycles. The van der Waals surface area contributed by atoms with Crippen LogP contribution in [-0.2, 0) is 6.61 Å². The first-order valence-electron chi connectivity index (χ1n) is 7.72. The molecule has 2 N–H and O–H groups in total. The van der Waals surface area contributed by atoms with Crippen molar-refractivity contribution < 1.29 is 4.74 Å². The molecule has 0 saturated heterocycles. The van der Waals surface area contributed by atoms with Gasteiger partial charge in [0.25, 0.3) is 0 Å². The number of hydrogen-bond donors (Lipinski definition) is 2. The molecule has 0 saturated carbocycles. The highest BCUT2D eigenvalue weighted by atomic mass is 79.9. The van der Waals surface area contributed by atoms with Gasteiger partial charge in [0.05, 0.1) is 27.3 Å². The summed E-state index contributed by atoms with van der Waals surface area (Å²) < 4.78 is 6.49. The van der Waals surface area contributed by atoms with Gasteiger partial charge in [0.1, 0.15) is 6.61 Å². The van der Waals surface area contributed by atoms with Crippen molar-refractivity contribution in [3.05, 3.63) is 62.6 Å².